The van der Waals surface area contributed by atoms with Gasteiger partial charge < -0.3 is 5.32 Å². The number of rotatable bonds is 4. The summed E-state index contributed by atoms with van der Waals surface area (Å²) in [5, 5.41) is 2.98. The predicted molar refractivity (Wildman–Crippen MR) is 88.1 cm³/mol. The fourth-order valence-corrected chi connectivity index (χ4v) is 3.70. The Morgan fingerprint density at radius 2 is 2.05 bits per heavy atom. The summed E-state index contributed by atoms with van der Waals surface area (Å²) >= 11 is 8.21. The van der Waals surface area contributed by atoms with Crippen LogP contribution in [-0.4, -0.2) is 5.91 Å². The molecule has 0 bridgehead atoms. The molecule has 1 amide bonds. The molecule has 0 spiro atoms. The molecule has 100 valence electrons. The summed E-state index contributed by atoms with van der Waals surface area (Å²) < 4.78 is 1.84. The van der Waals surface area contributed by atoms with Crippen molar-refractivity contribution in [2.75, 3.05) is 5.32 Å². The first-order valence-corrected chi connectivity index (χ1v) is 8.36. The standard InChI is InChI=1S/C14H13Br2NOS/c1-2-5-9-6-3-4-7-11(9)17-14(18)12-8-10(15)13(16)19-12/h3-4,6-8H,2,5H2,1H3,(H,17,18). The summed E-state index contributed by atoms with van der Waals surface area (Å²) in [6.45, 7) is 2.13. The fraction of sp³-hybridized carbons (Fsp3) is 0.214. The van der Waals surface area contributed by atoms with Gasteiger partial charge in [-0.15, -0.1) is 11.3 Å². The Morgan fingerprint density at radius 3 is 2.68 bits per heavy atom. The number of anilines is 1. The number of halogens is 2. The number of aryl methyl sites for hydroxylation is 1. The van der Waals surface area contributed by atoms with Crippen molar-refractivity contribution in [2.24, 2.45) is 0 Å². The zero-order chi connectivity index (χ0) is 13.8. The quantitative estimate of drug-likeness (QED) is 0.720. The molecule has 0 unspecified atom stereocenters. The van der Waals surface area contributed by atoms with Gasteiger partial charge in [-0.3, -0.25) is 4.79 Å². The van der Waals surface area contributed by atoms with E-state index in [1.165, 1.54) is 16.9 Å². The highest BCUT2D eigenvalue weighted by atomic mass is 79.9. The van der Waals surface area contributed by atoms with E-state index in [2.05, 4.69) is 50.2 Å². The molecule has 2 rings (SSSR count). The van der Waals surface area contributed by atoms with Crippen LogP contribution in [0.5, 0.6) is 0 Å². The molecule has 1 N–H and O–H groups in total. The Morgan fingerprint density at radius 1 is 1.32 bits per heavy atom. The van der Waals surface area contributed by atoms with Crippen LogP contribution >= 0.6 is 43.2 Å². The summed E-state index contributed by atoms with van der Waals surface area (Å²) in [7, 11) is 0. The van der Waals surface area contributed by atoms with Crippen molar-refractivity contribution in [3.8, 4) is 0 Å². The molecule has 0 aliphatic rings. The third-order valence-corrected chi connectivity index (χ3v) is 5.91. The molecule has 0 aliphatic carbocycles. The normalized spacial score (nSPS) is 10.5. The molecule has 0 aliphatic heterocycles. The number of amides is 1. The van der Waals surface area contributed by atoms with Crippen LogP contribution in [0.25, 0.3) is 0 Å². The van der Waals surface area contributed by atoms with E-state index in [-0.39, 0.29) is 5.91 Å². The van der Waals surface area contributed by atoms with Gasteiger partial charge in [0, 0.05) is 10.2 Å². The molecule has 0 saturated carbocycles. The van der Waals surface area contributed by atoms with Crippen molar-refractivity contribution in [1.82, 2.24) is 0 Å². The van der Waals surface area contributed by atoms with E-state index in [0.29, 0.717) is 4.88 Å². The number of benzene rings is 1. The van der Waals surface area contributed by atoms with Gasteiger partial charge in [0.25, 0.3) is 5.91 Å². The van der Waals surface area contributed by atoms with Crippen LogP contribution in [0.15, 0.2) is 38.6 Å². The van der Waals surface area contributed by atoms with Gasteiger partial charge in [0.15, 0.2) is 0 Å². The average molecular weight is 403 g/mol. The summed E-state index contributed by atoms with van der Waals surface area (Å²) in [5.74, 6) is -0.0695. The molecule has 1 aromatic carbocycles. The fourth-order valence-electron chi connectivity index (χ4n) is 1.77. The Labute approximate surface area is 133 Å². The van der Waals surface area contributed by atoms with E-state index in [1.54, 1.807) is 0 Å². The second kappa shape index (κ2) is 6.68. The van der Waals surface area contributed by atoms with Crippen LogP contribution in [0.2, 0.25) is 0 Å². The van der Waals surface area contributed by atoms with Crippen molar-refractivity contribution in [3.05, 3.63) is 49.0 Å². The monoisotopic (exact) mass is 401 g/mol. The van der Waals surface area contributed by atoms with Crippen LogP contribution < -0.4 is 5.32 Å². The van der Waals surface area contributed by atoms with Crippen molar-refractivity contribution < 1.29 is 4.79 Å². The Kier molecular flexibility index (Phi) is 5.19. The van der Waals surface area contributed by atoms with Gasteiger partial charge in [-0.1, -0.05) is 31.5 Å². The third kappa shape index (κ3) is 3.68. The van der Waals surface area contributed by atoms with Gasteiger partial charge in [-0.2, -0.15) is 0 Å². The molecule has 0 atom stereocenters. The van der Waals surface area contributed by atoms with Crippen molar-refractivity contribution >= 4 is 54.8 Å². The lowest BCUT2D eigenvalue weighted by molar-refractivity contribution is 0.103. The van der Waals surface area contributed by atoms with Crippen molar-refractivity contribution in [2.45, 2.75) is 19.8 Å². The molecular formula is C14H13Br2NOS. The van der Waals surface area contributed by atoms with E-state index in [9.17, 15) is 4.79 Å². The lowest BCUT2D eigenvalue weighted by atomic mass is 10.1. The Balaban J connectivity index is 2.19. The minimum atomic E-state index is -0.0695. The number of hydrogen-bond donors (Lipinski definition) is 1. The van der Waals surface area contributed by atoms with Crippen LogP contribution in [0.1, 0.15) is 28.6 Å². The summed E-state index contributed by atoms with van der Waals surface area (Å²) in [5.41, 5.74) is 2.07. The molecule has 0 radical (unpaired) electrons. The molecular weight excluding hydrogens is 390 g/mol. The van der Waals surface area contributed by atoms with E-state index in [0.717, 1.165) is 26.8 Å². The molecule has 19 heavy (non-hydrogen) atoms. The van der Waals surface area contributed by atoms with Crippen LogP contribution in [-0.2, 0) is 6.42 Å². The molecule has 1 heterocycles. The van der Waals surface area contributed by atoms with Crippen LogP contribution in [0.4, 0.5) is 5.69 Å². The van der Waals surface area contributed by atoms with Crippen molar-refractivity contribution in [3.63, 3.8) is 0 Å². The molecule has 2 nitrogen and oxygen atoms in total. The maximum Gasteiger partial charge on any atom is 0.265 e. The van der Waals surface area contributed by atoms with E-state index < -0.39 is 0 Å². The summed E-state index contributed by atoms with van der Waals surface area (Å²) in [4.78, 5) is 12.9. The number of nitrogens with one attached hydrogen (secondary N) is 1. The zero-order valence-corrected chi connectivity index (χ0v) is 14.4. The Bertz CT molecular complexity index is 575. The maximum absolute atomic E-state index is 12.2. The second-order valence-corrected chi connectivity index (χ2v) is 7.32. The molecule has 2 aromatic rings. The number of para-hydroxylation sites is 1. The lowest BCUT2D eigenvalue weighted by Gasteiger charge is -2.09. The lowest BCUT2D eigenvalue weighted by Crippen LogP contribution is -2.11. The SMILES string of the molecule is CCCc1ccccc1NC(=O)c1cc(Br)c(Br)s1. The number of thiophene rings is 1. The first kappa shape index (κ1) is 14.8. The highest BCUT2D eigenvalue weighted by Gasteiger charge is 2.13. The van der Waals surface area contributed by atoms with Gasteiger partial charge in [-0.05, 0) is 56.0 Å². The highest BCUT2D eigenvalue weighted by Crippen LogP contribution is 2.32. The zero-order valence-electron chi connectivity index (χ0n) is 10.4. The summed E-state index contributed by atoms with van der Waals surface area (Å²) in [6.07, 6.45) is 2.03. The van der Waals surface area contributed by atoms with Crippen molar-refractivity contribution in [1.29, 1.82) is 0 Å². The van der Waals surface area contributed by atoms with Gasteiger partial charge in [0.05, 0.1) is 8.66 Å². The van der Waals surface area contributed by atoms with Crippen LogP contribution in [0.3, 0.4) is 0 Å². The molecule has 0 saturated heterocycles. The summed E-state index contributed by atoms with van der Waals surface area (Å²) in [6, 6.07) is 9.76. The van der Waals surface area contributed by atoms with E-state index >= 15 is 0 Å². The van der Waals surface area contributed by atoms with E-state index in [1.807, 2.05) is 24.3 Å². The van der Waals surface area contributed by atoms with Gasteiger partial charge in [-0.25, -0.2) is 0 Å². The number of carbonyl (C=O) groups is 1. The number of hydrogen-bond acceptors (Lipinski definition) is 2. The first-order chi connectivity index (χ1) is 9.11. The minimum absolute atomic E-state index is 0.0695. The van der Waals surface area contributed by atoms with Crippen LogP contribution in [0, 0.1) is 0 Å². The maximum atomic E-state index is 12.2. The smallest absolute Gasteiger partial charge is 0.265 e. The highest BCUT2D eigenvalue weighted by molar-refractivity contribution is 9.13. The minimum Gasteiger partial charge on any atom is -0.321 e. The largest absolute Gasteiger partial charge is 0.321 e. The average Bonchev–Trinajstić information content (AvgIpc) is 2.72. The predicted octanol–water partition coefficient (Wildman–Crippen LogP) is 5.48. The Hall–Kier alpha value is -0.650. The van der Waals surface area contributed by atoms with Gasteiger partial charge in [0.1, 0.15) is 0 Å². The second-order valence-electron chi connectivity index (χ2n) is 4.09. The van der Waals surface area contributed by atoms with Gasteiger partial charge >= 0.3 is 0 Å². The number of carbonyl (C=O) groups excluding carboxylic acids is 1. The third-order valence-electron chi connectivity index (χ3n) is 2.65. The molecule has 1 aromatic heterocycles. The first-order valence-electron chi connectivity index (χ1n) is 5.96. The van der Waals surface area contributed by atoms with E-state index in [4.69, 9.17) is 0 Å². The molecule has 0 fully saturated rings. The molecule has 5 heteroatoms. The topological polar surface area (TPSA) is 29.1 Å². The van der Waals surface area contributed by atoms with Gasteiger partial charge in [0.2, 0.25) is 0 Å².